The van der Waals surface area contributed by atoms with Crippen molar-refractivity contribution in [3.8, 4) is 0 Å². The molecule has 1 aliphatic rings. The van der Waals surface area contributed by atoms with Gasteiger partial charge in [-0.3, -0.25) is 0 Å². The number of benzene rings is 1. The first-order valence-electron chi connectivity index (χ1n) is 8.52. The average molecular weight is 293 g/mol. The van der Waals surface area contributed by atoms with E-state index in [1.807, 2.05) is 12.1 Å². The van der Waals surface area contributed by atoms with E-state index in [4.69, 9.17) is 0 Å². The van der Waals surface area contributed by atoms with Gasteiger partial charge in [-0.25, -0.2) is 4.39 Å². The smallest absolute Gasteiger partial charge is 0.123 e. The number of aryl methyl sites for hydroxylation is 1. The minimum atomic E-state index is -0.351. The van der Waals surface area contributed by atoms with Crippen LogP contribution in [0.1, 0.15) is 51.0 Å². The fourth-order valence-corrected chi connectivity index (χ4v) is 7.13. The molecule has 0 amide bonds. The van der Waals surface area contributed by atoms with Crippen LogP contribution in [0.5, 0.6) is 0 Å². The highest BCUT2D eigenvalue weighted by Crippen LogP contribution is 2.31. The van der Waals surface area contributed by atoms with Crippen molar-refractivity contribution in [3.63, 3.8) is 0 Å². The second-order valence-corrected chi connectivity index (χ2v) is 10.0. The summed E-state index contributed by atoms with van der Waals surface area (Å²) in [6, 6.07) is 11.8. The lowest BCUT2D eigenvalue weighted by Crippen LogP contribution is -2.21. The minimum Gasteiger partial charge on any atom is -0.207 e. The van der Waals surface area contributed by atoms with E-state index in [0.29, 0.717) is 0 Å². The zero-order valence-electron chi connectivity index (χ0n) is 12.9. The Labute approximate surface area is 125 Å². The van der Waals surface area contributed by atoms with Gasteiger partial charge in [0.05, 0.1) is 0 Å². The summed E-state index contributed by atoms with van der Waals surface area (Å²) in [6.45, 7) is 2.30. The van der Waals surface area contributed by atoms with Crippen molar-refractivity contribution in [2.45, 2.75) is 70.0 Å². The maximum absolute atomic E-state index is 12.9. The van der Waals surface area contributed by atoms with Crippen molar-refractivity contribution in [1.29, 1.82) is 0 Å². The first kappa shape index (κ1) is 15.8. The third-order valence-corrected chi connectivity index (χ3v) is 8.46. The number of unbranched alkanes of at least 4 members (excludes halogenated alkanes) is 2. The highest BCUT2D eigenvalue weighted by Gasteiger charge is 2.21. The molecule has 20 heavy (non-hydrogen) atoms. The van der Waals surface area contributed by atoms with E-state index in [9.17, 15) is 4.39 Å². The molecule has 1 aromatic rings. The van der Waals surface area contributed by atoms with Crippen LogP contribution in [0.4, 0.5) is 4.39 Å². The molecule has 1 aromatic carbocycles. The van der Waals surface area contributed by atoms with Crippen LogP contribution >= 0.6 is 0 Å². The minimum absolute atomic E-state index is 0.118. The van der Waals surface area contributed by atoms with Gasteiger partial charge in [-0.2, -0.15) is 0 Å². The third-order valence-electron chi connectivity index (χ3n) is 4.94. The maximum Gasteiger partial charge on any atom is 0.123 e. The molecule has 112 valence electrons. The highest BCUT2D eigenvalue weighted by molar-refractivity contribution is 6.58. The van der Waals surface area contributed by atoms with E-state index >= 15 is 0 Å². The molecule has 0 nitrogen and oxygen atoms in total. The summed E-state index contributed by atoms with van der Waals surface area (Å²) in [6.07, 6.45) is 9.69. The Balaban J connectivity index is 1.63. The highest BCUT2D eigenvalue weighted by atomic mass is 28.3. The van der Waals surface area contributed by atoms with Crippen LogP contribution in [0.3, 0.4) is 0 Å². The Bertz CT molecular complexity index is 366. The zero-order valence-corrected chi connectivity index (χ0v) is 14.1. The molecule has 0 bridgehead atoms. The number of rotatable bonds is 7. The molecule has 0 unspecified atom stereocenters. The monoisotopic (exact) mass is 292 g/mol. The van der Waals surface area contributed by atoms with Gasteiger partial charge in [-0.15, -0.1) is 0 Å². The van der Waals surface area contributed by atoms with Crippen LogP contribution < -0.4 is 0 Å². The molecule has 1 heterocycles. The molecule has 1 saturated heterocycles. The van der Waals surface area contributed by atoms with Gasteiger partial charge in [0.25, 0.3) is 0 Å². The van der Waals surface area contributed by atoms with Crippen molar-refractivity contribution >= 4 is 8.80 Å². The van der Waals surface area contributed by atoms with Crippen LogP contribution in [0.2, 0.25) is 18.1 Å². The second kappa shape index (κ2) is 8.61. The fraction of sp³-hybridized carbons (Fsp3) is 0.667. The van der Waals surface area contributed by atoms with Crippen LogP contribution in [0.25, 0.3) is 0 Å². The van der Waals surface area contributed by atoms with Gasteiger partial charge >= 0.3 is 0 Å². The molecular weight excluding hydrogens is 263 g/mol. The van der Waals surface area contributed by atoms with Gasteiger partial charge < -0.3 is 0 Å². The quantitative estimate of drug-likeness (QED) is 0.454. The lowest BCUT2D eigenvalue weighted by Gasteiger charge is -2.27. The molecule has 1 fully saturated rings. The van der Waals surface area contributed by atoms with Crippen LogP contribution in [-0.4, -0.2) is 8.80 Å². The Morgan fingerprint density at radius 2 is 1.80 bits per heavy atom. The van der Waals surface area contributed by atoms with Crippen LogP contribution in [0.15, 0.2) is 24.3 Å². The van der Waals surface area contributed by atoms with E-state index in [1.54, 1.807) is 30.3 Å². The van der Waals surface area contributed by atoms with E-state index in [-0.39, 0.29) is 14.6 Å². The predicted molar refractivity (Wildman–Crippen MR) is 88.5 cm³/mol. The molecule has 0 aliphatic carbocycles. The Morgan fingerprint density at radius 3 is 2.45 bits per heavy atom. The fourth-order valence-electron chi connectivity index (χ4n) is 3.51. The number of hydrogen-bond acceptors (Lipinski definition) is 0. The van der Waals surface area contributed by atoms with E-state index in [0.717, 1.165) is 12.3 Å². The van der Waals surface area contributed by atoms with Crippen LogP contribution in [0, 0.1) is 11.7 Å². The van der Waals surface area contributed by atoms with Crippen molar-refractivity contribution in [1.82, 2.24) is 0 Å². The Morgan fingerprint density at radius 1 is 1.10 bits per heavy atom. The molecule has 0 radical (unpaired) electrons. The third kappa shape index (κ3) is 5.39. The van der Waals surface area contributed by atoms with Crippen molar-refractivity contribution < 1.29 is 4.39 Å². The molecule has 0 spiro atoms. The Kier molecular flexibility index (Phi) is 6.78. The first-order chi connectivity index (χ1) is 9.78. The predicted octanol–water partition coefficient (Wildman–Crippen LogP) is 5.59. The number of halogens is 1. The van der Waals surface area contributed by atoms with Crippen LogP contribution in [-0.2, 0) is 6.42 Å². The normalized spacial score (nSPS) is 22.9. The van der Waals surface area contributed by atoms with Gasteiger partial charge in [-0.05, 0) is 36.5 Å². The summed E-state index contributed by atoms with van der Waals surface area (Å²) < 4.78 is 12.9. The molecule has 2 heteroatoms. The van der Waals surface area contributed by atoms with Crippen molar-refractivity contribution in [2.75, 3.05) is 0 Å². The summed E-state index contributed by atoms with van der Waals surface area (Å²) in [5.41, 5.74) is 1.30. The van der Waals surface area contributed by atoms with Crippen molar-refractivity contribution in [2.24, 2.45) is 5.92 Å². The molecular formula is C18H29FSi. The zero-order chi connectivity index (χ0) is 14.2. The standard InChI is InChI=1S/C18H29FSi/c1-2-3-4-13-20-14-11-17(12-15-20)6-5-16-7-9-18(19)10-8-16/h7-10,17,20H,2-6,11-15H2,1H3. The summed E-state index contributed by atoms with van der Waals surface area (Å²) in [4.78, 5) is 0. The second-order valence-electron chi connectivity index (χ2n) is 6.55. The van der Waals surface area contributed by atoms with E-state index in [1.165, 1.54) is 44.1 Å². The van der Waals surface area contributed by atoms with Gasteiger partial charge in [-0.1, -0.05) is 69.3 Å². The van der Waals surface area contributed by atoms with Gasteiger partial charge in [0, 0.05) is 8.80 Å². The summed E-state index contributed by atoms with van der Waals surface area (Å²) >= 11 is 0. The molecule has 1 aliphatic heterocycles. The molecule has 0 aromatic heterocycles. The topological polar surface area (TPSA) is 0 Å². The lowest BCUT2D eigenvalue weighted by atomic mass is 9.94. The summed E-state index contributed by atoms with van der Waals surface area (Å²) in [5, 5.41) is 0. The lowest BCUT2D eigenvalue weighted by molar-refractivity contribution is 0.437. The average Bonchev–Trinajstić information content (AvgIpc) is 2.48. The van der Waals surface area contributed by atoms with Gasteiger partial charge in [0.2, 0.25) is 0 Å². The Hall–Kier alpha value is -0.633. The van der Waals surface area contributed by atoms with Crippen molar-refractivity contribution in [3.05, 3.63) is 35.6 Å². The summed E-state index contributed by atoms with van der Waals surface area (Å²) in [5.74, 6) is 0.822. The number of hydrogen-bond donors (Lipinski definition) is 0. The molecule has 0 saturated carbocycles. The largest absolute Gasteiger partial charge is 0.207 e. The molecule has 0 N–H and O–H groups in total. The van der Waals surface area contributed by atoms with E-state index in [2.05, 4.69) is 6.92 Å². The molecule has 2 rings (SSSR count). The maximum atomic E-state index is 12.9. The molecule has 0 atom stereocenters. The van der Waals surface area contributed by atoms with E-state index < -0.39 is 0 Å². The summed E-state index contributed by atoms with van der Waals surface area (Å²) in [7, 11) is -0.351. The van der Waals surface area contributed by atoms with Gasteiger partial charge in [0.15, 0.2) is 0 Å². The SMILES string of the molecule is CCCCC[SiH]1CCC(CCc2ccc(F)cc2)CC1. The van der Waals surface area contributed by atoms with Gasteiger partial charge in [0.1, 0.15) is 5.82 Å². The first-order valence-corrected chi connectivity index (χ1v) is 11.0.